The second kappa shape index (κ2) is 8.82. The van der Waals surface area contributed by atoms with Gasteiger partial charge in [-0.2, -0.15) is 0 Å². The maximum atomic E-state index is 6.20. The van der Waals surface area contributed by atoms with Gasteiger partial charge < -0.3 is 19.2 Å². The Bertz CT molecular complexity index is 544. The van der Waals surface area contributed by atoms with Crippen LogP contribution in [0.5, 0.6) is 11.5 Å². The second-order valence-electron chi connectivity index (χ2n) is 4.22. The zero-order valence-electron chi connectivity index (χ0n) is 12.0. The Balaban J connectivity index is 0.00000220. The molecule has 1 aromatic carbocycles. The van der Waals surface area contributed by atoms with Gasteiger partial charge in [0.25, 0.3) is 0 Å². The fourth-order valence-corrected chi connectivity index (χ4v) is 2.24. The molecule has 21 heavy (non-hydrogen) atoms. The molecule has 2 rings (SSSR count). The van der Waals surface area contributed by atoms with Crippen molar-refractivity contribution in [1.82, 2.24) is 5.32 Å². The van der Waals surface area contributed by atoms with Crippen LogP contribution in [-0.4, -0.2) is 13.7 Å². The molecule has 0 aliphatic rings. The van der Waals surface area contributed by atoms with Crippen LogP contribution in [0.3, 0.4) is 0 Å². The summed E-state index contributed by atoms with van der Waals surface area (Å²) in [6, 6.07) is 7.61. The molecule has 0 aliphatic carbocycles. The van der Waals surface area contributed by atoms with E-state index in [1.807, 2.05) is 31.2 Å². The minimum Gasteiger partial charge on any atom is -0.491 e. The molecule has 0 atom stereocenters. The van der Waals surface area contributed by atoms with Gasteiger partial charge in [-0.05, 0) is 36.8 Å². The van der Waals surface area contributed by atoms with Gasteiger partial charge >= 0.3 is 0 Å². The molecule has 1 heterocycles. The Hall–Kier alpha value is -1.36. The predicted molar refractivity (Wildman–Crippen MR) is 85.7 cm³/mol. The van der Waals surface area contributed by atoms with Crippen LogP contribution in [0, 0.1) is 0 Å². The van der Waals surface area contributed by atoms with Crippen LogP contribution in [0.4, 0.5) is 0 Å². The quantitative estimate of drug-likeness (QED) is 0.831. The molecule has 0 fully saturated rings. The van der Waals surface area contributed by atoms with Crippen molar-refractivity contribution >= 4 is 24.0 Å². The summed E-state index contributed by atoms with van der Waals surface area (Å²) in [4.78, 5) is 0. The Labute approximate surface area is 135 Å². The summed E-state index contributed by atoms with van der Waals surface area (Å²) in [7, 11) is 1.58. The van der Waals surface area contributed by atoms with E-state index in [-0.39, 0.29) is 12.4 Å². The van der Waals surface area contributed by atoms with E-state index in [1.54, 1.807) is 13.4 Å². The van der Waals surface area contributed by atoms with E-state index in [0.717, 1.165) is 11.3 Å². The molecule has 0 radical (unpaired) electrons. The monoisotopic (exact) mass is 331 g/mol. The van der Waals surface area contributed by atoms with Gasteiger partial charge in [-0.25, -0.2) is 0 Å². The fourth-order valence-electron chi connectivity index (χ4n) is 1.93. The highest BCUT2D eigenvalue weighted by molar-refractivity contribution is 6.32. The molecule has 1 N–H and O–H groups in total. The molecule has 0 bridgehead atoms. The van der Waals surface area contributed by atoms with E-state index in [9.17, 15) is 0 Å². The summed E-state index contributed by atoms with van der Waals surface area (Å²) >= 11 is 6.20. The first-order valence-corrected chi connectivity index (χ1v) is 6.84. The van der Waals surface area contributed by atoms with Crippen molar-refractivity contribution in [2.75, 3.05) is 13.7 Å². The first kappa shape index (κ1) is 17.7. The van der Waals surface area contributed by atoms with Gasteiger partial charge in [0.2, 0.25) is 0 Å². The third-order valence-corrected chi connectivity index (χ3v) is 3.06. The lowest BCUT2D eigenvalue weighted by molar-refractivity contribution is 0.310. The highest BCUT2D eigenvalue weighted by atomic mass is 35.5. The second-order valence-corrected chi connectivity index (χ2v) is 4.63. The standard InChI is InChI=1S/C15H18ClNO3.ClH/c1-3-19-14-8-11(7-13(16)15(14)18-2)9-17-10-12-5-4-6-20-12;/h4-8,17H,3,9-10H2,1-2H3;1H. The van der Waals surface area contributed by atoms with Crippen molar-refractivity contribution in [2.45, 2.75) is 20.0 Å². The van der Waals surface area contributed by atoms with Crippen LogP contribution in [0.15, 0.2) is 34.9 Å². The molecule has 0 unspecified atom stereocenters. The Morgan fingerprint density at radius 2 is 2.10 bits per heavy atom. The van der Waals surface area contributed by atoms with E-state index in [4.69, 9.17) is 25.5 Å². The summed E-state index contributed by atoms with van der Waals surface area (Å²) in [6.45, 7) is 3.83. The third kappa shape index (κ3) is 4.84. The van der Waals surface area contributed by atoms with E-state index in [0.29, 0.717) is 36.2 Å². The smallest absolute Gasteiger partial charge is 0.179 e. The number of hydrogen-bond acceptors (Lipinski definition) is 4. The number of furan rings is 1. The average Bonchev–Trinajstić information content (AvgIpc) is 2.92. The molecular formula is C15H19Cl2NO3. The van der Waals surface area contributed by atoms with Crippen LogP contribution in [0.1, 0.15) is 18.2 Å². The van der Waals surface area contributed by atoms with Gasteiger partial charge in [0.1, 0.15) is 5.76 Å². The zero-order chi connectivity index (χ0) is 14.4. The molecule has 0 saturated carbocycles. The molecule has 0 saturated heterocycles. The Morgan fingerprint density at radius 3 is 2.71 bits per heavy atom. The average molecular weight is 332 g/mol. The van der Waals surface area contributed by atoms with Crippen molar-refractivity contribution in [2.24, 2.45) is 0 Å². The number of methoxy groups -OCH3 is 1. The lowest BCUT2D eigenvalue weighted by Gasteiger charge is -2.13. The highest BCUT2D eigenvalue weighted by Crippen LogP contribution is 2.36. The Kier molecular flexibility index (Phi) is 7.43. The van der Waals surface area contributed by atoms with E-state index in [1.165, 1.54) is 0 Å². The molecule has 1 aromatic heterocycles. The highest BCUT2D eigenvalue weighted by Gasteiger charge is 2.11. The van der Waals surface area contributed by atoms with Crippen LogP contribution >= 0.6 is 24.0 Å². The summed E-state index contributed by atoms with van der Waals surface area (Å²) in [6.07, 6.45) is 1.66. The minimum atomic E-state index is 0. The third-order valence-electron chi connectivity index (χ3n) is 2.78. The molecule has 0 amide bonds. The Morgan fingerprint density at radius 1 is 1.29 bits per heavy atom. The van der Waals surface area contributed by atoms with Crippen LogP contribution < -0.4 is 14.8 Å². The van der Waals surface area contributed by atoms with Gasteiger partial charge in [0, 0.05) is 6.54 Å². The number of rotatable bonds is 7. The molecule has 6 heteroatoms. The van der Waals surface area contributed by atoms with E-state index < -0.39 is 0 Å². The number of halogens is 2. The number of nitrogens with one attached hydrogen (secondary N) is 1. The molecule has 4 nitrogen and oxygen atoms in total. The molecular weight excluding hydrogens is 313 g/mol. The van der Waals surface area contributed by atoms with E-state index in [2.05, 4.69) is 5.32 Å². The van der Waals surface area contributed by atoms with Crippen molar-refractivity contribution in [3.63, 3.8) is 0 Å². The maximum Gasteiger partial charge on any atom is 0.179 e. The lowest BCUT2D eigenvalue weighted by atomic mass is 10.2. The molecule has 0 spiro atoms. The van der Waals surface area contributed by atoms with Gasteiger partial charge in [0.15, 0.2) is 11.5 Å². The largest absolute Gasteiger partial charge is 0.491 e. The van der Waals surface area contributed by atoms with Crippen molar-refractivity contribution < 1.29 is 13.9 Å². The summed E-state index contributed by atoms with van der Waals surface area (Å²) in [5.74, 6) is 2.13. The topological polar surface area (TPSA) is 43.6 Å². The lowest BCUT2D eigenvalue weighted by Crippen LogP contribution is -2.12. The summed E-state index contributed by atoms with van der Waals surface area (Å²) in [5.41, 5.74) is 1.03. The number of ether oxygens (including phenoxy) is 2. The van der Waals surface area contributed by atoms with Crippen molar-refractivity contribution in [1.29, 1.82) is 0 Å². The first-order valence-electron chi connectivity index (χ1n) is 6.47. The van der Waals surface area contributed by atoms with Gasteiger partial charge in [-0.1, -0.05) is 11.6 Å². The fraction of sp³-hybridized carbons (Fsp3) is 0.333. The van der Waals surface area contributed by atoms with E-state index >= 15 is 0 Å². The van der Waals surface area contributed by atoms with Crippen molar-refractivity contribution in [3.8, 4) is 11.5 Å². The van der Waals surface area contributed by atoms with Gasteiger partial charge in [-0.3, -0.25) is 0 Å². The maximum absolute atomic E-state index is 6.20. The van der Waals surface area contributed by atoms with Crippen LogP contribution in [0.25, 0.3) is 0 Å². The molecule has 2 aromatic rings. The normalized spacial score (nSPS) is 10.0. The zero-order valence-corrected chi connectivity index (χ0v) is 13.6. The SMILES string of the molecule is CCOc1cc(CNCc2ccco2)cc(Cl)c1OC.Cl. The first-order chi connectivity index (χ1) is 9.74. The van der Waals surface area contributed by atoms with Crippen LogP contribution in [-0.2, 0) is 13.1 Å². The molecule has 0 aliphatic heterocycles. The van der Waals surface area contributed by atoms with Gasteiger partial charge in [-0.15, -0.1) is 12.4 Å². The predicted octanol–water partition coefficient (Wildman–Crippen LogP) is 4.05. The number of hydrogen-bond donors (Lipinski definition) is 1. The van der Waals surface area contributed by atoms with Gasteiger partial charge in [0.05, 0.1) is 31.5 Å². The molecule has 116 valence electrons. The summed E-state index contributed by atoms with van der Waals surface area (Å²) < 4.78 is 16.1. The van der Waals surface area contributed by atoms with Crippen LogP contribution in [0.2, 0.25) is 5.02 Å². The summed E-state index contributed by atoms with van der Waals surface area (Å²) in [5, 5.41) is 3.84. The minimum absolute atomic E-state index is 0. The number of benzene rings is 1. The van der Waals surface area contributed by atoms with Crippen molar-refractivity contribution in [3.05, 3.63) is 46.9 Å².